The van der Waals surface area contributed by atoms with Crippen LogP contribution < -0.4 is 4.74 Å². The monoisotopic (exact) mass is 311 g/mol. The molecule has 0 unspecified atom stereocenters. The molecule has 2 aliphatic rings. The molecule has 3 nitrogen and oxygen atoms in total. The number of fused-ring (bicyclic) bond motifs is 1. The molecule has 1 aromatic rings. The Morgan fingerprint density at radius 1 is 1.44 bits per heavy atom. The number of halogens is 1. The minimum Gasteiger partial charge on any atom is -0.493 e. The van der Waals surface area contributed by atoms with E-state index in [1.54, 1.807) is 0 Å². The summed E-state index contributed by atoms with van der Waals surface area (Å²) in [6.07, 6.45) is 1.83. The summed E-state index contributed by atoms with van der Waals surface area (Å²) >= 11 is 3.56. The van der Waals surface area contributed by atoms with Gasteiger partial charge in [-0.25, -0.2) is 0 Å². The van der Waals surface area contributed by atoms with Crippen molar-refractivity contribution in [3.8, 4) is 5.75 Å². The van der Waals surface area contributed by atoms with Gasteiger partial charge in [0.05, 0.1) is 12.2 Å². The molecule has 3 rings (SSSR count). The molecule has 0 radical (unpaired) electrons. The lowest BCUT2D eigenvalue weighted by Gasteiger charge is -2.46. The first kappa shape index (κ1) is 12.5. The standard InChI is InChI=1S/C14H18BrNO2/c1-2-14(17)8-16(9-14)7-11-6-12(15)5-10-3-4-18-13(10)11/h5-6,17H,2-4,7-9H2,1H3. The summed E-state index contributed by atoms with van der Waals surface area (Å²) < 4.78 is 6.84. The maximum atomic E-state index is 10.0. The summed E-state index contributed by atoms with van der Waals surface area (Å²) in [7, 11) is 0. The van der Waals surface area contributed by atoms with Crippen molar-refractivity contribution in [1.82, 2.24) is 4.90 Å². The Bertz CT molecular complexity index is 469. The molecule has 0 aromatic heterocycles. The van der Waals surface area contributed by atoms with Gasteiger partial charge in [0.2, 0.25) is 0 Å². The van der Waals surface area contributed by atoms with E-state index >= 15 is 0 Å². The van der Waals surface area contributed by atoms with Crippen molar-refractivity contribution in [2.24, 2.45) is 0 Å². The van der Waals surface area contributed by atoms with Gasteiger partial charge in [0.25, 0.3) is 0 Å². The molecule has 0 bridgehead atoms. The first-order valence-electron chi connectivity index (χ1n) is 6.48. The lowest BCUT2D eigenvalue weighted by molar-refractivity contribution is -0.103. The van der Waals surface area contributed by atoms with Gasteiger partial charge in [0.1, 0.15) is 5.75 Å². The van der Waals surface area contributed by atoms with Crippen LogP contribution in [0, 0.1) is 0 Å². The van der Waals surface area contributed by atoms with Crippen LogP contribution >= 0.6 is 15.9 Å². The van der Waals surface area contributed by atoms with E-state index < -0.39 is 5.60 Å². The molecule has 1 saturated heterocycles. The van der Waals surface area contributed by atoms with E-state index in [4.69, 9.17) is 4.74 Å². The molecule has 1 fully saturated rings. The zero-order valence-electron chi connectivity index (χ0n) is 10.6. The van der Waals surface area contributed by atoms with E-state index in [1.165, 1.54) is 11.1 Å². The van der Waals surface area contributed by atoms with Crippen LogP contribution in [-0.4, -0.2) is 35.3 Å². The Hall–Kier alpha value is -0.580. The summed E-state index contributed by atoms with van der Waals surface area (Å²) in [6.45, 7) is 5.23. The molecule has 98 valence electrons. The van der Waals surface area contributed by atoms with Crippen LogP contribution in [0.4, 0.5) is 0 Å². The molecule has 0 spiro atoms. The fraction of sp³-hybridized carbons (Fsp3) is 0.571. The molecule has 18 heavy (non-hydrogen) atoms. The van der Waals surface area contributed by atoms with Gasteiger partial charge in [-0.05, 0) is 24.1 Å². The van der Waals surface area contributed by atoms with Crippen LogP contribution in [0.3, 0.4) is 0 Å². The number of hydrogen-bond donors (Lipinski definition) is 1. The fourth-order valence-corrected chi connectivity index (χ4v) is 3.38. The zero-order valence-corrected chi connectivity index (χ0v) is 12.2. The maximum Gasteiger partial charge on any atom is 0.127 e. The molecular formula is C14H18BrNO2. The molecule has 2 aliphatic heterocycles. The number of likely N-dealkylation sites (tertiary alicyclic amines) is 1. The molecule has 1 N–H and O–H groups in total. The highest BCUT2D eigenvalue weighted by molar-refractivity contribution is 9.10. The first-order chi connectivity index (χ1) is 8.59. The number of ether oxygens (including phenoxy) is 1. The van der Waals surface area contributed by atoms with Crippen molar-refractivity contribution in [2.45, 2.75) is 31.9 Å². The van der Waals surface area contributed by atoms with Gasteiger partial charge in [-0.2, -0.15) is 0 Å². The van der Waals surface area contributed by atoms with Crippen molar-refractivity contribution in [1.29, 1.82) is 0 Å². The summed E-state index contributed by atoms with van der Waals surface area (Å²) in [5.74, 6) is 1.06. The van der Waals surface area contributed by atoms with E-state index in [9.17, 15) is 5.11 Å². The third-order valence-corrected chi connectivity index (χ3v) is 4.37. The maximum absolute atomic E-state index is 10.0. The van der Waals surface area contributed by atoms with E-state index in [0.29, 0.717) is 0 Å². The number of rotatable bonds is 3. The largest absolute Gasteiger partial charge is 0.493 e. The fourth-order valence-electron chi connectivity index (χ4n) is 2.83. The molecule has 0 amide bonds. The zero-order chi connectivity index (χ0) is 12.8. The Kier molecular flexibility index (Phi) is 3.12. The Labute approximate surface area is 116 Å². The number of β-amino-alcohol motifs (C(OH)–C–C–N with tert-alkyl or cyclic N) is 1. The average molecular weight is 312 g/mol. The van der Waals surface area contributed by atoms with Crippen molar-refractivity contribution in [2.75, 3.05) is 19.7 Å². The van der Waals surface area contributed by atoms with Gasteiger partial charge >= 0.3 is 0 Å². The minimum absolute atomic E-state index is 0.462. The van der Waals surface area contributed by atoms with Gasteiger partial charge in [0.15, 0.2) is 0 Å². The third-order valence-electron chi connectivity index (χ3n) is 3.91. The van der Waals surface area contributed by atoms with E-state index in [1.807, 2.05) is 6.92 Å². The second-order valence-electron chi connectivity index (χ2n) is 5.37. The molecular weight excluding hydrogens is 294 g/mol. The predicted octanol–water partition coefficient (Wildman–Crippen LogP) is 2.34. The van der Waals surface area contributed by atoms with Crippen molar-refractivity contribution in [3.05, 3.63) is 27.7 Å². The Morgan fingerprint density at radius 3 is 2.94 bits per heavy atom. The summed E-state index contributed by atoms with van der Waals surface area (Å²) in [5.41, 5.74) is 2.07. The van der Waals surface area contributed by atoms with Gasteiger partial charge in [-0.3, -0.25) is 4.90 Å². The van der Waals surface area contributed by atoms with E-state index in [2.05, 4.69) is 33.0 Å². The SMILES string of the molecule is CCC1(O)CN(Cc2cc(Br)cc3c2OCC3)C1. The van der Waals surface area contributed by atoms with Crippen molar-refractivity contribution >= 4 is 15.9 Å². The minimum atomic E-state index is -0.462. The van der Waals surface area contributed by atoms with Crippen LogP contribution in [0.1, 0.15) is 24.5 Å². The van der Waals surface area contributed by atoms with Gasteiger partial charge in [0, 0.05) is 36.1 Å². The topological polar surface area (TPSA) is 32.7 Å². The number of nitrogens with zero attached hydrogens (tertiary/aromatic N) is 1. The summed E-state index contributed by atoms with van der Waals surface area (Å²) in [6, 6.07) is 4.28. The van der Waals surface area contributed by atoms with Crippen molar-refractivity contribution in [3.63, 3.8) is 0 Å². The number of hydrogen-bond acceptors (Lipinski definition) is 3. The van der Waals surface area contributed by atoms with E-state index in [0.717, 1.165) is 49.3 Å². The quantitative estimate of drug-likeness (QED) is 0.930. The van der Waals surface area contributed by atoms with Gasteiger partial charge in [-0.15, -0.1) is 0 Å². The smallest absolute Gasteiger partial charge is 0.127 e. The highest BCUT2D eigenvalue weighted by Gasteiger charge is 2.39. The van der Waals surface area contributed by atoms with Gasteiger partial charge in [-0.1, -0.05) is 22.9 Å². The van der Waals surface area contributed by atoms with Crippen LogP contribution in [-0.2, 0) is 13.0 Å². The average Bonchev–Trinajstić information content (AvgIpc) is 2.74. The highest BCUT2D eigenvalue weighted by Crippen LogP contribution is 2.35. The molecule has 0 atom stereocenters. The number of benzene rings is 1. The Balaban J connectivity index is 1.75. The lowest BCUT2D eigenvalue weighted by atomic mass is 9.91. The van der Waals surface area contributed by atoms with Crippen LogP contribution in [0.5, 0.6) is 5.75 Å². The normalized spacial score (nSPS) is 21.3. The second-order valence-corrected chi connectivity index (χ2v) is 6.29. The van der Waals surface area contributed by atoms with Crippen LogP contribution in [0.2, 0.25) is 0 Å². The summed E-state index contributed by atoms with van der Waals surface area (Å²) in [4.78, 5) is 2.27. The van der Waals surface area contributed by atoms with Crippen molar-refractivity contribution < 1.29 is 9.84 Å². The van der Waals surface area contributed by atoms with Gasteiger partial charge < -0.3 is 9.84 Å². The first-order valence-corrected chi connectivity index (χ1v) is 7.28. The molecule has 2 heterocycles. The molecule has 0 saturated carbocycles. The third kappa shape index (κ3) is 2.17. The highest BCUT2D eigenvalue weighted by atomic mass is 79.9. The molecule has 0 aliphatic carbocycles. The molecule has 1 aromatic carbocycles. The number of aliphatic hydroxyl groups is 1. The van der Waals surface area contributed by atoms with Crippen LogP contribution in [0.15, 0.2) is 16.6 Å². The lowest BCUT2D eigenvalue weighted by Crippen LogP contribution is -2.60. The van der Waals surface area contributed by atoms with Crippen LogP contribution in [0.25, 0.3) is 0 Å². The predicted molar refractivity (Wildman–Crippen MR) is 73.9 cm³/mol. The summed E-state index contributed by atoms with van der Waals surface area (Å²) in [5, 5.41) is 10.0. The second kappa shape index (κ2) is 4.51. The van der Waals surface area contributed by atoms with E-state index in [-0.39, 0.29) is 0 Å². The molecule has 4 heteroatoms. The Morgan fingerprint density at radius 2 is 2.22 bits per heavy atom.